The van der Waals surface area contributed by atoms with Crippen LogP contribution < -0.4 is 38.9 Å². The number of unbranched alkanes of at least 4 members (excludes halogenated alkanes) is 2. The van der Waals surface area contributed by atoms with Crippen molar-refractivity contribution < 1.29 is 34.2 Å². The number of amides is 4. The van der Waals surface area contributed by atoms with Crippen LogP contribution in [0.3, 0.4) is 0 Å². The first-order chi connectivity index (χ1) is 16.1. The largest absolute Gasteiger partial charge is 0.480 e. The van der Waals surface area contributed by atoms with E-state index in [0.29, 0.717) is 38.8 Å². The van der Waals surface area contributed by atoms with E-state index >= 15 is 0 Å². The molecule has 0 saturated carbocycles. The maximum atomic E-state index is 13.0. The van der Waals surface area contributed by atoms with E-state index in [1.165, 1.54) is 0 Å². The predicted molar refractivity (Wildman–Crippen MR) is 123 cm³/mol. The molecule has 0 radical (unpaired) electrons. The zero-order valence-electron chi connectivity index (χ0n) is 19.3. The zero-order chi connectivity index (χ0) is 26.1. The van der Waals surface area contributed by atoms with E-state index in [-0.39, 0.29) is 25.7 Å². The number of hydrogen-bond acceptors (Lipinski definition) is 9. The first kappa shape index (κ1) is 31.2. The Morgan fingerprint density at radius 3 is 1.53 bits per heavy atom. The van der Waals surface area contributed by atoms with Gasteiger partial charge in [0.1, 0.15) is 18.1 Å². The van der Waals surface area contributed by atoms with Gasteiger partial charge in [-0.1, -0.05) is 0 Å². The molecule has 14 nitrogen and oxygen atoms in total. The molecule has 0 aromatic heterocycles. The molecule has 34 heavy (non-hydrogen) atoms. The van der Waals surface area contributed by atoms with Crippen LogP contribution in [0.1, 0.15) is 51.4 Å². The molecule has 0 aromatic rings. The molecular weight excluding hydrogens is 450 g/mol. The molecular formula is C20H39N7O7. The number of hydrogen-bond donors (Lipinski definition) is 9. The van der Waals surface area contributed by atoms with Gasteiger partial charge in [0.05, 0.1) is 12.6 Å². The fraction of sp³-hybridized carbons (Fsp3) is 0.750. The summed E-state index contributed by atoms with van der Waals surface area (Å²) >= 11 is 0. The Morgan fingerprint density at radius 2 is 1.15 bits per heavy atom. The van der Waals surface area contributed by atoms with Gasteiger partial charge in [-0.2, -0.15) is 0 Å². The third kappa shape index (κ3) is 13.0. The van der Waals surface area contributed by atoms with Gasteiger partial charge in [0.15, 0.2) is 0 Å². The van der Waals surface area contributed by atoms with Crippen LogP contribution in [0.15, 0.2) is 0 Å². The van der Waals surface area contributed by atoms with Gasteiger partial charge in [-0.3, -0.25) is 19.2 Å². The summed E-state index contributed by atoms with van der Waals surface area (Å²) in [6.07, 6.45) is 2.39. The summed E-state index contributed by atoms with van der Waals surface area (Å²) in [6.45, 7) is -0.0919. The number of nitrogens with two attached hydrogens (primary N) is 4. The van der Waals surface area contributed by atoms with Crippen molar-refractivity contribution >= 4 is 29.6 Å². The molecule has 0 aliphatic rings. The van der Waals surface area contributed by atoms with Gasteiger partial charge in [-0.15, -0.1) is 0 Å². The summed E-state index contributed by atoms with van der Waals surface area (Å²) in [5, 5.41) is 25.5. The summed E-state index contributed by atoms with van der Waals surface area (Å²) in [6, 6.07) is -4.77. The number of aliphatic hydroxyl groups excluding tert-OH is 1. The predicted octanol–water partition coefficient (Wildman–Crippen LogP) is -3.63. The minimum absolute atomic E-state index is 0.000161. The number of carbonyl (C=O) groups is 5. The molecule has 4 amide bonds. The second-order valence-electron chi connectivity index (χ2n) is 7.88. The van der Waals surface area contributed by atoms with Crippen LogP contribution in [-0.2, 0) is 24.0 Å². The van der Waals surface area contributed by atoms with E-state index in [4.69, 9.17) is 33.1 Å². The molecule has 0 aromatic carbocycles. The molecule has 14 heteroatoms. The van der Waals surface area contributed by atoms with E-state index in [1.54, 1.807) is 0 Å². The molecule has 0 bridgehead atoms. The lowest BCUT2D eigenvalue weighted by Crippen LogP contribution is -2.57. The fourth-order valence-electron chi connectivity index (χ4n) is 2.96. The van der Waals surface area contributed by atoms with Crippen molar-refractivity contribution in [1.29, 1.82) is 0 Å². The van der Waals surface area contributed by atoms with Crippen molar-refractivity contribution in [2.24, 2.45) is 22.9 Å². The second kappa shape index (κ2) is 17.6. The Labute approximate surface area is 198 Å². The van der Waals surface area contributed by atoms with Gasteiger partial charge in [-0.05, 0) is 58.0 Å². The Morgan fingerprint density at radius 1 is 0.706 bits per heavy atom. The average molecular weight is 490 g/mol. The quantitative estimate of drug-likeness (QED) is 0.0803. The monoisotopic (exact) mass is 489 g/mol. The molecule has 0 aliphatic heterocycles. The van der Waals surface area contributed by atoms with Crippen LogP contribution in [0.25, 0.3) is 0 Å². The minimum atomic E-state index is -1.54. The van der Waals surface area contributed by atoms with Crippen molar-refractivity contribution in [2.75, 3.05) is 19.7 Å². The van der Waals surface area contributed by atoms with Crippen molar-refractivity contribution in [3.05, 3.63) is 0 Å². The zero-order valence-corrected chi connectivity index (χ0v) is 19.3. The summed E-state index contributed by atoms with van der Waals surface area (Å²) < 4.78 is 0. The number of aliphatic hydroxyl groups is 1. The standard InChI is InChI=1S/C20H39N7O7/c21-9-3-1-5-13(25-17(30)12(23)7-8-16(24)29)18(31)26-14(6-2-4-10-22)19(32)27-15(11-28)20(33)34/h12-15,28H,1-11,21-23H2,(H2,24,29)(H,25,30)(H,26,31)(H,27,32)(H,33,34). The molecule has 0 rings (SSSR count). The van der Waals surface area contributed by atoms with E-state index in [9.17, 15) is 24.0 Å². The van der Waals surface area contributed by atoms with Gasteiger partial charge in [0.25, 0.3) is 0 Å². The van der Waals surface area contributed by atoms with Gasteiger partial charge >= 0.3 is 5.97 Å². The lowest BCUT2D eigenvalue weighted by Gasteiger charge is -2.25. The Hall–Kier alpha value is -2.81. The van der Waals surface area contributed by atoms with Gasteiger partial charge in [0.2, 0.25) is 23.6 Å². The summed E-state index contributed by atoms with van der Waals surface area (Å²) in [4.78, 5) is 60.0. The second-order valence-corrected chi connectivity index (χ2v) is 7.88. The average Bonchev–Trinajstić information content (AvgIpc) is 2.79. The minimum Gasteiger partial charge on any atom is -0.480 e. The summed E-state index contributed by atoms with van der Waals surface area (Å²) in [5.41, 5.74) is 21.8. The molecule has 0 aliphatic carbocycles. The SMILES string of the molecule is NCCCCC(NC(=O)C(N)CCC(N)=O)C(=O)NC(CCCCN)C(=O)NC(CO)C(=O)O. The molecule has 13 N–H and O–H groups in total. The summed E-state index contributed by atoms with van der Waals surface area (Å²) in [7, 11) is 0. The van der Waals surface area contributed by atoms with E-state index in [1.807, 2.05) is 0 Å². The smallest absolute Gasteiger partial charge is 0.328 e. The van der Waals surface area contributed by atoms with Crippen molar-refractivity contribution in [1.82, 2.24) is 16.0 Å². The van der Waals surface area contributed by atoms with E-state index in [2.05, 4.69) is 16.0 Å². The number of carboxylic acid groups (broad SMARTS) is 1. The highest BCUT2D eigenvalue weighted by Gasteiger charge is 2.29. The molecule has 0 spiro atoms. The van der Waals surface area contributed by atoms with E-state index in [0.717, 1.165) is 0 Å². The Balaban J connectivity index is 5.40. The topological polar surface area (TPSA) is 266 Å². The lowest BCUT2D eigenvalue weighted by molar-refractivity contribution is -0.143. The fourth-order valence-corrected chi connectivity index (χ4v) is 2.96. The molecule has 0 saturated heterocycles. The Bertz CT molecular complexity index is 678. The van der Waals surface area contributed by atoms with Crippen molar-refractivity contribution in [3.8, 4) is 0 Å². The number of carbonyl (C=O) groups excluding carboxylic acids is 4. The number of aliphatic carboxylic acids is 1. The molecule has 4 atom stereocenters. The first-order valence-corrected chi connectivity index (χ1v) is 11.3. The van der Waals surface area contributed by atoms with Crippen molar-refractivity contribution in [3.63, 3.8) is 0 Å². The highest BCUT2D eigenvalue weighted by molar-refractivity contribution is 5.94. The highest BCUT2D eigenvalue weighted by atomic mass is 16.4. The number of primary amides is 1. The molecule has 4 unspecified atom stereocenters. The summed E-state index contributed by atoms with van der Waals surface area (Å²) in [5.74, 6) is -4.17. The van der Waals surface area contributed by atoms with Crippen LogP contribution in [0, 0.1) is 0 Å². The number of nitrogens with one attached hydrogen (secondary N) is 3. The van der Waals surface area contributed by atoms with Crippen molar-refractivity contribution in [2.45, 2.75) is 75.5 Å². The first-order valence-electron chi connectivity index (χ1n) is 11.3. The lowest BCUT2D eigenvalue weighted by atomic mass is 10.0. The van der Waals surface area contributed by atoms with Crippen LogP contribution >= 0.6 is 0 Å². The van der Waals surface area contributed by atoms with Crippen LogP contribution in [0.5, 0.6) is 0 Å². The normalized spacial score (nSPS) is 14.4. The third-order valence-corrected chi connectivity index (χ3v) is 5.00. The van der Waals surface area contributed by atoms with Gasteiger partial charge in [0, 0.05) is 6.42 Å². The molecule has 0 heterocycles. The maximum Gasteiger partial charge on any atom is 0.328 e. The maximum absolute atomic E-state index is 13.0. The van der Waals surface area contributed by atoms with E-state index < -0.39 is 60.4 Å². The third-order valence-electron chi connectivity index (χ3n) is 5.00. The van der Waals surface area contributed by atoms with Crippen LogP contribution in [0.2, 0.25) is 0 Å². The number of rotatable bonds is 19. The van der Waals surface area contributed by atoms with Crippen LogP contribution in [0.4, 0.5) is 0 Å². The Kier molecular flexibility index (Phi) is 16.2. The van der Waals surface area contributed by atoms with Gasteiger partial charge in [-0.25, -0.2) is 4.79 Å². The van der Waals surface area contributed by atoms with Crippen LogP contribution in [-0.4, -0.2) is 83.7 Å². The molecule has 196 valence electrons. The van der Waals surface area contributed by atoms with Gasteiger partial charge < -0.3 is 49.1 Å². The molecule has 0 fully saturated rings. The highest BCUT2D eigenvalue weighted by Crippen LogP contribution is 2.07. The number of carboxylic acids is 1.